The SMILES string of the molecule is N#Cc1ccc(OCC2CCNC2)c(F)c1. The van der Waals surface area contributed by atoms with Crippen LogP contribution in [0.5, 0.6) is 5.75 Å². The lowest BCUT2D eigenvalue weighted by molar-refractivity contribution is 0.249. The number of hydrogen-bond acceptors (Lipinski definition) is 3. The summed E-state index contributed by atoms with van der Waals surface area (Å²) in [5.41, 5.74) is 0.312. The molecule has 1 atom stereocenters. The van der Waals surface area contributed by atoms with Gasteiger partial charge in [0.1, 0.15) is 0 Å². The van der Waals surface area contributed by atoms with Crippen molar-refractivity contribution in [1.82, 2.24) is 5.32 Å². The van der Waals surface area contributed by atoms with E-state index in [4.69, 9.17) is 10.00 Å². The molecule has 0 saturated carbocycles. The van der Waals surface area contributed by atoms with Crippen LogP contribution >= 0.6 is 0 Å². The number of benzene rings is 1. The number of nitrogens with one attached hydrogen (secondary N) is 1. The van der Waals surface area contributed by atoms with Gasteiger partial charge in [0.2, 0.25) is 0 Å². The van der Waals surface area contributed by atoms with Crippen molar-refractivity contribution in [2.75, 3.05) is 19.7 Å². The van der Waals surface area contributed by atoms with Crippen molar-refractivity contribution in [2.45, 2.75) is 6.42 Å². The van der Waals surface area contributed by atoms with E-state index in [0.717, 1.165) is 19.5 Å². The molecule has 16 heavy (non-hydrogen) atoms. The first-order chi connectivity index (χ1) is 7.79. The molecule has 2 rings (SSSR count). The first-order valence-corrected chi connectivity index (χ1v) is 5.33. The highest BCUT2D eigenvalue weighted by molar-refractivity contribution is 5.35. The maximum absolute atomic E-state index is 13.4. The summed E-state index contributed by atoms with van der Waals surface area (Å²) in [6.07, 6.45) is 1.07. The highest BCUT2D eigenvalue weighted by Crippen LogP contribution is 2.19. The maximum Gasteiger partial charge on any atom is 0.166 e. The first-order valence-electron chi connectivity index (χ1n) is 5.33. The lowest BCUT2D eigenvalue weighted by Crippen LogP contribution is -2.15. The Morgan fingerprint density at radius 2 is 2.44 bits per heavy atom. The van der Waals surface area contributed by atoms with E-state index >= 15 is 0 Å². The van der Waals surface area contributed by atoms with Crippen LogP contribution in [0.3, 0.4) is 0 Å². The highest BCUT2D eigenvalue weighted by atomic mass is 19.1. The molecule has 0 aliphatic carbocycles. The molecule has 1 N–H and O–H groups in total. The molecule has 1 aliphatic heterocycles. The maximum atomic E-state index is 13.4. The number of rotatable bonds is 3. The number of ether oxygens (including phenoxy) is 1. The van der Waals surface area contributed by atoms with Crippen molar-refractivity contribution < 1.29 is 9.13 Å². The minimum absolute atomic E-state index is 0.228. The largest absolute Gasteiger partial charge is 0.490 e. The van der Waals surface area contributed by atoms with E-state index in [1.165, 1.54) is 12.1 Å². The minimum Gasteiger partial charge on any atom is -0.490 e. The van der Waals surface area contributed by atoms with Gasteiger partial charge in [-0.25, -0.2) is 4.39 Å². The molecule has 0 aromatic heterocycles. The summed E-state index contributed by atoms with van der Waals surface area (Å²) in [7, 11) is 0. The topological polar surface area (TPSA) is 45.0 Å². The second kappa shape index (κ2) is 4.95. The summed E-state index contributed by atoms with van der Waals surface area (Å²) in [5, 5.41) is 11.8. The van der Waals surface area contributed by atoms with Crippen LogP contribution in [-0.4, -0.2) is 19.7 Å². The van der Waals surface area contributed by atoms with Crippen molar-refractivity contribution in [2.24, 2.45) is 5.92 Å². The Balaban J connectivity index is 1.96. The van der Waals surface area contributed by atoms with Crippen LogP contribution in [0.4, 0.5) is 4.39 Å². The normalized spacial score (nSPS) is 19.4. The smallest absolute Gasteiger partial charge is 0.166 e. The van der Waals surface area contributed by atoms with Crippen LogP contribution in [0.1, 0.15) is 12.0 Å². The zero-order valence-electron chi connectivity index (χ0n) is 8.87. The van der Waals surface area contributed by atoms with Crippen molar-refractivity contribution in [3.05, 3.63) is 29.6 Å². The molecule has 1 aromatic carbocycles. The van der Waals surface area contributed by atoms with Crippen LogP contribution in [-0.2, 0) is 0 Å². The van der Waals surface area contributed by atoms with Gasteiger partial charge in [0, 0.05) is 12.5 Å². The Bertz CT molecular complexity index is 408. The second-order valence-corrected chi connectivity index (χ2v) is 3.93. The summed E-state index contributed by atoms with van der Waals surface area (Å²) in [6, 6.07) is 6.15. The third-order valence-corrected chi connectivity index (χ3v) is 2.70. The zero-order valence-corrected chi connectivity index (χ0v) is 8.87. The van der Waals surface area contributed by atoms with Crippen molar-refractivity contribution in [3.63, 3.8) is 0 Å². The van der Waals surface area contributed by atoms with E-state index < -0.39 is 5.82 Å². The Morgan fingerprint density at radius 1 is 1.56 bits per heavy atom. The average Bonchev–Trinajstić information content (AvgIpc) is 2.80. The molecule has 0 spiro atoms. The Hall–Kier alpha value is -1.60. The van der Waals surface area contributed by atoms with Gasteiger partial charge >= 0.3 is 0 Å². The van der Waals surface area contributed by atoms with Crippen molar-refractivity contribution in [3.8, 4) is 11.8 Å². The number of halogens is 1. The van der Waals surface area contributed by atoms with Gasteiger partial charge in [-0.3, -0.25) is 0 Å². The molecular formula is C12H13FN2O. The Morgan fingerprint density at radius 3 is 3.06 bits per heavy atom. The van der Waals surface area contributed by atoms with Crippen LogP contribution in [0.25, 0.3) is 0 Å². The van der Waals surface area contributed by atoms with Crippen LogP contribution in [0.2, 0.25) is 0 Å². The zero-order chi connectivity index (χ0) is 11.4. The molecule has 0 amide bonds. The predicted molar refractivity (Wildman–Crippen MR) is 57.6 cm³/mol. The van der Waals surface area contributed by atoms with E-state index in [1.807, 2.05) is 6.07 Å². The third-order valence-electron chi connectivity index (χ3n) is 2.70. The molecule has 1 unspecified atom stereocenters. The number of hydrogen-bond donors (Lipinski definition) is 1. The Labute approximate surface area is 93.8 Å². The minimum atomic E-state index is -0.468. The molecule has 1 aliphatic rings. The van der Waals surface area contributed by atoms with Gasteiger partial charge in [-0.2, -0.15) is 5.26 Å². The van der Waals surface area contributed by atoms with Crippen molar-refractivity contribution >= 4 is 0 Å². The molecule has 4 heteroatoms. The first kappa shape index (κ1) is 10.9. The average molecular weight is 220 g/mol. The molecule has 1 saturated heterocycles. The fourth-order valence-electron chi connectivity index (χ4n) is 1.75. The van der Waals surface area contributed by atoms with Gasteiger partial charge in [0.05, 0.1) is 18.2 Å². The molecule has 84 valence electrons. The summed E-state index contributed by atoms with van der Waals surface area (Å²) in [6.45, 7) is 2.46. The molecular weight excluding hydrogens is 207 g/mol. The van der Waals surface area contributed by atoms with E-state index in [2.05, 4.69) is 5.32 Å². The van der Waals surface area contributed by atoms with E-state index in [-0.39, 0.29) is 5.75 Å². The van der Waals surface area contributed by atoms with Gasteiger partial charge in [-0.15, -0.1) is 0 Å². The monoisotopic (exact) mass is 220 g/mol. The fourth-order valence-corrected chi connectivity index (χ4v) is 1.75. The van der Waals surface area contributed by atoms with Crippen LogP contribution in [0.15, 0.2) is 18.2 Å². The number of nitriles is 1. The second-order valence-electron chi connectivity index (χ2n) is 3.93. The standard InChI is InChI=1S/C12H13FN2O/c13-11-5-9(6-14)1-2-12(11)16-8-10-3-4-15-7-10/h1-2,5,10,15H,3-4,7-8H2. The van der Waals surface area contributed by atoms with Crippen LogP contribution in [0, 0.1) is 23.1 Å². The van der Waals surface area contributed by atoms with Crippen LogP contribution < -0.4 is 10.1 Å². The molecule has 1 heterocycles. The van der Waals surface area contributed by atoms with E-state index in [0.29, 0.717) is 18.1 Å². The summed E-state index contributed by atoms with van der Waals surface area (Å²) in [5.74, 6) is 0.214. The van der Waals surface area contributed by atoms with E-state index in [9.17, 15) is 4.39 Å². The van der Waals surface area contributed by atoms with Gasteiger partial charge < -0.3 is 10.1 Å². The van der Waals surface area contributed by atoms with Crippen molar-refractivity contribution in [1.29, 1.82) is 5.26 Å². The summed E-state index contributed by atoms with van der Waals surface area (Å²) in [4.78, 5) is 0. The van der Waals surface area contributed by atoms with E-state index in [1.54, 1.807) is 6.07 Å². The summed E-state index contributed by atoms with van der Waals surface area (Å²) >= 11 is 0. The molecule has 0 radical (unpaired) electrons. The highest BCUT2D eigenvalue weighted by Gasteiger charge is 2.15. The lowest BCUT2D eigenvalue weighted by atomic mass is 10.1. The van der Waals surface area contributed by atoms with Gasteiger partial charge in [-0.1, -0.05) is 0 Å². The summed E-state index contributed by atoms with van der Waals surface area (Å²) < 4.78 is 18.8. The predicted octanol–water partition coefficient (Wildman–Crippen LogP) is 1.69. The molecule has 1 aromatic rings. The van der Waals surface area contributed by atoms with Gasteiger partial charge in [0.25, 0.3) is 0 Å². The Kier molecular flexibility index (Phi) is 3.37. The van der Waals surface area contributed by atoms with Gasteiger partial charge in [-0.05, 0) is 31.2 Å². The third kappa shape index (κ3) is 2.50. The fraction of sp³-hybridized carbons (Fsp3) is 0.417. The quantitative estimate of drug-likeness (QED) is 0.843. The molecule has 3 nitrogen and oxygen atoms in total. The lowest BCUT2D eigenvalue weighted by Gasteiger charge is -2.11. The number of nitrogens with zero attached hydrogens (tertiary/aromatic N) is 1. The van der Waals surface area contributed by atoms with Gasteiger partial charge in [0.15, 0.2) is 11.6 Å². The molecule has 0 bridgehead atoms. The molecule has 1 fully saturated rings.